The molecule has 1 rings (SSSR count). The third kappa shape index (κ3) is 12.3. The van der Waals surface area contributed by atoms with Crippen LogP contribution in [0.15, 0.2) is 23.5 Å². The molecule has 0 spiro atoms. The number of aryl methyl sites for hydroxylation is 1. The first kappa shape index (κ1) is 28.2. The molecule has 1 aromatic heterocycles. The number of imidazole rings is 1. The molecule has 0 aliphatic rings. The number of thioether (sulfide) groups is 1. The highest BCUT2D eigenvalue weighted by Crippen LogP contribution is 2.28. The average Bonchev–Trinajstić information content (AvgIpc) is 3.12. The van der Waals surface area contributed by atoms with Gasteiger partial charge in [-0.25, -0.2) is 9.78 Å². The van der Waals surface area contributed by atoms with Gasteiger partial charge in [0.15, 0.2) is 10.9 Å². The van der Waals surface area contributed by atoms with Gasteiger partial charge in [0.05, 0.1) is 11.4 Å². The van der Waals surface area contributed by atoms with Gasteiger partial charge in [0.1, 0.15) is 0 Å². The van der Waals surface area contributed by atoms with E-state index in [1.54, 1.807) is 11.6 Å². The summed E-state index contributed by atoms with van der Waals surface area (Å²) in [5.41, 5.74) is -0.0527. The maximum atomic E-state index is 11.1. The van der Waals surface area contributed by atoms with Gasteiger partial charge in [-0.3, -0.25) is 4.79 Å². The van der Waals surface area contributed by atoms with E-state index in [4.69, 9.17) is 10.2 Å². The molecule has 32 heavy (non-hydrogen) atoms. The molecule has 182 valence electrons. The highest BCUT2D eigenvalue weighted by Gasteiger charge is 2.22. The lowest BCUT2D eigenvalue weighted by atomic mass is 10.1. The minimum absolute atomic E-state index is 0.0527. The lowest BCUT2D eigenvalue weighted by Crippen LogP contribution is -2.22. The zero-order valence-electron chi connectivity index (χ0n) is 19.5. The number of carbonyl (C=O) groups is 2. The van der Waals surface area contributed by atoms with Crippen LogP contribution in [0.4, 0.5) is 0 Å². The van der Waals surface area contributed by atoms with E-state index in [0.717, 1.165) is 12.8 Å². The average molecular weight is 469 g/mol. The zero-order valence-corrected chi connectivity index (χ0v) is 20.4. The Hall–Kier alpha value is -1.80. The molecule has 1 aromatic rings. The lowest BCUT2D eigenvalue weighted by Gasteiger charge is -2.18. The quantitative estimate of drug-likeness (QED) is 0.136. The minimum Gasteiger partial charge on any atom is -0.481 e. The molecular weight excluding hydrogens is 428 g/mol. The lowest BCUT2D eigenvalue weighted by molar-refractivity contribution is -0.137. The van der Waals surface area contributed by atoms with Crippen molar-refractivity contribution in [1.82, 2.24) is 9.55 Å². The maximum absolute atomic E-state index is 11.1. The Morgan fingerprint density at radius 1 is 1.06 bits per heavy atom. The van der Waals surface area contributed by atoms with E-state index in [2.05, 4.69) is 11.9 Å². The van der Waals surface area contributed by atoms with Gasteiger partial charge in [-0.15, -0.1) is 0 Å². The second kappa shape index (κ2) is 16.8. The molecule has 3 N–H and O–H groups in total. The number of carboxylic acid groups (broad SMARTS) is 2. The van der Waals surface area contributed by atoms with Crippen molar-refractivity contribution in [1.29, 1.82) is 0 Å². The van der Waals surface area contributed by atoms with E-state index in [9.17, 15) is 14.7 Å². The topological polar surface area (TPSA) is 113 Å². The summed E-state index contributed by atoms with van der Waals surface area (Å²) in [6.07, 6.45) is 18.2. The van der Waals surface area contributed by atoms with Crippen LogP contribution in [0.2, 0.25) is 0 Å². The summed E-state index contributed by atoms with van der Waals surface area (Å²) in [6, 6.07) is 0. The van der Waals surface area contributed by atoms with Crippen LogP contribution in [0.3, 0.4) is 0 Å². The number of hydrogen-bond acceptors (Lipinski definition) is 5. The molecule has 0 radical (unpaired) electrons. The molecule has 0 bridgehead atoms. The van der Waals surface area contributed by atoms with Crippen LogP contribution in [-0.2, 0) is 11.8 Å². The predicted octanol–water partition coefficient (Wildman–Crippen LogP) is 5.67. The van der Waals surface area contributed by atoms with Crippen LogP contribution in [0.25, 0.3) is 0 Å². The fourth-order valence-corrected chi connectivity index (χ4v) is 4.54. The summed E-state index contributed by atoms with van der Waals surface area (Å²) < 4.78 is 1.61. The Morgan fingerprint density at radius 2 is 1.66 bits per heavy atom. The van der Waals surface area contributed by atoms with Gasteiger partial charge in [0.2, 0.25) is 0 Å². The highest BCUT2D eigenvalue weighted by atomic mass is 32.2. The number of aliphatic hydroxyl groups excluding tert-OH is 1. The molecule has 0 amide bonds. The number of aliphatic hydroxyl groups is 1. The van der Waals surface area contributed by atoms with Gasteiger partial charge in [0.25, 0.3) is 0 Å². The molecule has 0 aliphatic heterocycles. The molecule has 0 saturated heterocycles. The highest BCUT2D eigenvalue weighted by molar-refractivity contribution is 8.00. The van der Waals surface area contributed by atoms with E-state index < -0.39 is 18.0 Å². The minimum atomic E-state index is -1.10. The smallest absolute Gasteiger partial charge is 0.356 e. The zero-order chi connectivity index (χ0) is 23.8. The van der Waals surface area contributed by atoms with Crippen molar-refractivity contribution in [2.45, 2.75) is 107 Å². The fraction of sp³-hybridized carbons (Fsp3) is 0.708. The molecule has 8 heteroatoms. The second-order valence-electron chi connectivity index (χ2n) is 8.31. The summed E-state index contributed by atoms with van der Waals surface area (Å²) in [6.45, 7) is 2.24. The maximum Gasteiger partial charge on any atom is 0.356 e. The molecular formula is C24H40N2O5S. The van der Waals surface area contributed by atoms with Crippen LogP contribution < -0.4 is 0 Å². The van der Waals surface area contributed by atoms with E-state index >= 15 is 0 Å². The van der Waals surface area contributed by atoms with Crippen molar-refractivity contribution >= 4 is 23.7 Å². The first-order chi connectivity index (χ1) is 15.3. The van der Waals surface area contributed by atoms with Crippen molar-refractivity contribution in [3.63, 3.8) is 0 Å². The molecule has 2 atom stereocenters. The van der Waals surface area contributed by atoms with Crippen molar-refractivity contribution in [2.75, 3.05) is 0 Å². The second-order valence-corrected chi connectivity index (χ2v) is 9.45. The first-order valence-corrected chi connectivity index (χ1v) is 12.7. The van der Waals surface area contributed by atoms with Gasteiger partial charge in [-0.1, -0.05) is 88.6 Å². The third-order valence-electron chi connectivity index (χ3n) is 5.38. The fourth-order valence-electron chi connectivity index (χ4n) is 3.45. The monoisotopic (exact) mass is 468 g/mol. The number of aromatic nitrogens is 2. The van der Waals surface area contributed by atoms with E-state index in [-0.39, 0.29) is 23.8 Å². The number of unbranched alkanes of at least 4 members (excludes halogenated alkanes) is 10. The van der Waals surface area contributed by atoms with Crippen molar-refractivity contribution in [3.8, 4) is 0 Å². The number of carboxylic acids is 2. The van der Waals surface area contributed by atoms with Crippen molar-refractivity contribution in [2.24, 2.45) is 7.05 Å². The number of aromatic carboxylic acids is 1. The summed E-state index contributed by atoms with van der Waals surface area (Å²) in [4.78, 5) is 26.1. The molecule has 1 heterocycles. The predicted molar refractivity (Wildman–Crippen MR) is 128 cm³/mol. The molecule has 7 nitrogen and oxygen atoms in total. The molecule has 0 saturated carbocycles. The van der Waals surface area contributed by atoms with Gasteiger partial charge in [-0.05, 0) is 19.3 Å². The SMILES string of the molecule is CCCCCCCCCCCC/C=C\C(Sc1nc(C(=O)O)cn1C)C(O)CCC(=O)O. The standard InChI is InChI=1S/C24H40N2O5S/c1-3-4-5-6-7-8-9-10-11-12-13-14-15-21(20(27)16-17-22(28)29)32-24-25-19(23(30)31)18-26(24)2/h14-15,18,20-21,27H,3-13,16-17H2,1-2H3,(H,28,29)(H,30,31)/b15-14-. The van der Waals surface area contributed by atoms with Gasteiger partial charge >= 0.3 is 11.9 Å². The first-order valence-electron chi connectivity index (χ1n) is 11.8. The van der Waals surface area contributed by atoms with Crippen LogP contribution in [0.1, 0.15) is 101 Å². The van der Waals surface area contributed by atoms with Crippen LogP contribution >= 0.6 is 11.8 Å². The van der Waals surface area contributed by atoms with Gasteiger partial charge in [-0.2, -0.15) is 0 Å². The Morgan fingerprint density at radius 3 is 2.19 bits per heavy atom. The summed E-state index contributed by atoms with van der Waals surface area (Å²) in [7, 11) is 1.70. The molecule has 0 fully saturated rings. The van der Waals surface area contributed by atoms with Crippen LogP contribution in [0, 0.1) is 0 Å². The van der Waals surface area contributed by atoms with Crippen LogP contribution in [0.5, 0.6) is 0 Å². The Labute approximate surface area is 196 Å². The van der Waals surface area contributed by atoms with E-state index in [0.29, 0.717) is 5.16 Å². The summed E-state index contributed by atoms with van der Waals surface area (Å²) in [5.74, 6) is -2.06. The number of nitrogens with zero attached hydrogens (tertiary/aromatic N) is 2. The van der Waals surface area contributed by atoms with E-state index in [1.807, 2.05) is 12.2 Å². The largest absolute Gasteiger partial charge is 0.481 e. The Balaban J connectivity index is 2.46. The number of aliphatic carboxylic acids is 1. The number of allylic oxidation sites excluding steroid dienone is 1. The third-order valence-corrected chi connectivity index (χ3v) is 6.71. The van der Waals surface area contributed by atoms with Crippen LogP contribution in [-0.4, -0.2) is 48.2 Å². The molecule has 0 aromatic carbocycles. The van der Waals surface area contributed by atoms with Gasteiger partial charge < -0.3 is 19.9 Å². The van der Waals surface area contributed by atoms with Gasteiger partial charge in [0, 0.05) is 19.7 Å². The van der Waals surface area contributed by atoms with Crippen molar-refractivity contribution in [3.05, 3.63) is 24.0 Å². The molecule has 2 unspecified atom stereocenters. The normalized spacial score (nSPS) is 13.5. The van der Waals surface area contributed by atoms with E-state index in [1.165, 1.54) is 75.7 Å². The Kier molecular flexibility index (Phi) is 14.8. The number of hydrogen-bond donors (Lipinski definition) is 3. The number of rotatable bonds is 19. The van der Waals surface area contributed by atoms with Crippen molar-refractivity contribution < 1.29 is 24.9 Å². The molecule has 0 aliphatic carbocycles. The summed E-state index contributed by atoms with van der Waals surface area (Å²) in [5, 5.41) is 28.6. The summed E-state index contributed by atoms with van der Waals surface area (Å²) >= 11 is 1.25. The Bertz CT molecular complexity index is 705.